The molecular weight excluding hydrogens is 283 g/mol. The van der Waals surface area contributed by atoms with Crippen LogP contribution in [0.4, 0.5) is 15.8 Å². The lowest BCUT2D eigenvalue weighted by atomic mass is 10.3. The highest BCUT2D eigenvalue weighted by molar-refractivity contribution is 7.92. The van der Waals surface area contributed by atoms with Crippen molar-refractivity contribution in [2.24, 2.45) is 0 Å². The number of nitrogens with two attached hydrogens (primary N) is 1. The maximum Gasteiger partial charge on any atom is 0.262 e. The zero-order valence-electron chi connectivity index (χ0n) is 10.6. The summed E-state index contributed by atoms with van der Waals surface area (Å²) in [6.45, 7) is 0. The van der Waals surface area contributed by atoms with E-state index in [1.807, 2.05) is 0 Å². The third-order valence-corrected chi connectivity index (χ3v) is 3.95. The Hall–Kier alpha value is -2.28. The second-order valence-electron chi connectivity index (χ2n) is 4.02. The van der Waals surface area contributed by atoms with Gasteiger partial charge in [0.25, 0.3) is 10.0 Å². The predicted molar refractivity (Wildman–Crippen MR) is 74.6 cm³/mol. The van der Waals surface area contributed by atoms with Gasteiger partial charge in [-0.05, 0) is 30.3 Å². The molecule has 0 aliphatic heterocycles. The molecule has 5 nitrogen and oxygen atoms in total. The van der Waals surface area contributed by atoms with Crippen LogP contribution in [0.15, 0.2) is 47.4 Å². The minimum atomic E-state index is -3.91. The van der Waals surface area contributed by atoms with E-state index in [9.17, 15) is 12.8 Å². The molecule has 3 N–H and O–H groups in total. The average molecular weight is 296 g/mol. The number of methoxy groups -OCH3 is 1. The van der Waals surface area contributed by atoms with Crippen LogP contribution in [0.3, 0.4) is 0 Å². The number of ether oxygens (including phenoxy) is 1. The third-order valence-electron chi connectivity index (χ3n) is 2.59. The first-order valence-electron chi connectivity index (χ1n) is 5.64. The first-order valence-corrected chi connectivity index (χ1v) is 7.12. The van der Waals surface area contributed by atoms with Crippen molar-refractivity contribution >= 4 is 21.4 Å². The van der Waals surface area contributed by atoms with E-state index in [1.165, 1.54) is 37.4 Å². The summed E-state index contributed by atoms with van der Waals surface area (Å²) in [7, 11) is -2.48. The van der Waals surface area contributed by atoms with Crippen LogP contribution in [-0.4, -0.2) is 15.5 Å². The van der Waals surface area contributed by atoms with Crippen LogP contribution in [-0.2, 0) is 10.0 Å². The van der Waals surface area contributed by atoms with Gasteiger partial charge in [-0.25, -0.2) is 12.8 Å². The molecule has 2 aromatic rings. The molecular formula is C13H13FN2O3S. The maximum atomic E-state index is 13.6. The van der Waals surface area contributed by atoms with E-state index < -0.39 is 15.8 Å². The second-order valence-corrected chi connectivity index (χ2v) is 5.71. The highest BCUT2D eigenvalue weighted by Gasteiger charge is 2.17. The van der Waals surface area contributed by atoms with Crippen molar-refractivity contribution in [3.8, 4) is 5.75 Å². The molecule has 0 aliphatic carbocycles. The van der Waals surface area contributed by atoms with E-state index in [-0.39, 0.29) is 16.3 Å². The minimum absolute atomic E-state index is 0.0290. The number of halogens is 1. The van der Waals surface area contributed by atoms with Gasteiger partial charge in [0.05, 0.1) is 17.7 Å². The van der Waals surface area contributed by atoms with Crippen LogP contribution in [0.2, 0.25) is 0 Å². The van der Waals surface area contributed by atoms with Gasteiger partial charge in [-0.15, -0.1) is 0 Å². The number of nitrogen functional groups attached to an aromatic ring is 1. The number of hydrogen-bond acceptors (Lipinski definition) is 4. The van der Waals surface area contributed by atoms with Gasteiger partial charge in [0.1, 0.15) is 11.6 Å². The standard InChI is InChI=1S/C13H13FN2O3S/c1-19-10-3-2-4-11(8-10)20(17,18)16-13-7-9(15)5-6-12(13)14/h2-8,16H,15H2,1H3. The van der Waals surface area contributed by atoms with E-state index in [1.54, 1.807) is 6.07 Å². The molecule has 0 heterocycles. The van der Waals surface area contributed by atoms with Gasteiger partial charge in [-0.2, -0.15) is 0 Å². The van der Waals surface area contributed by atoms with Gasteiger partial charge in [0.15, 0.2) is 0 Å². The monoisotopic (exact) mass is 296 g/mol. The lowest BCUT2D eigenvalue weighted by Crippen LogP contribution is -2.14. The van der Waals surface area contributed by atoms with E-state index >= 15 is 0 Å². The maximum absolute atomic E-state index is 13.6. The van der Waals surface area contributed by atoms with Crippen molar-refractivity contribution in [1.29, 1.82) is 0 Å². The Bertz CT molecular complexity index is 732. The Morgan fingerprint density at radius 3 is 2.65 bits per heavy atom. The molecule has 0 radical (unpaired) electrons. The lowest BCUT2D eigenvalue weighted by molar-refractivity contribution is 0.413. The summed E-state index contributed by atoms with van der Waals surface area (Å²) >= 11 is 0. The average Bonchev–Trinajstić information content (AvgIpc) is 2.43. The number of hydrogen-bond donors (Lipinski definition) is 2. The molecule has 20 heavy (non-hydrogen) atoms. The zero-order valence-corrected chi connectivity index (χ0v) is 11.4. The number of benzene rings is 2. The van der Waals surface area contributed by atoms with Crippen LogP contribution in [0.5, 0.6) is 5.75 Å². The Kier molecular flexibility index (Phi) is 3.80. The Balaban J connectivity index is 2.38. The van der Waals surface area contributed by atoms with Crippen molar-refractivity contribution in [2.75, 3.05) is 17.6 Å². The highest BCUT2D eigenvalue weighted by Crippen LogP contribution is 2.23. The molecule has 2 aromatic carbocycles. The highest BCUT2D eigenvalue weighted by atomic mass is 32.2. The summed E-state index contributed by atoms with van der Waals surface area (Å²) in [6, 6.07) is 9.52. The topological polar surface area (TPSA) is 81.4 Å². The van der Waals surface area contributed by atoms with E-state index in [4.69, 9.17) is 10.5 Å². The molecule has 106 valence electrons. The van der Waals surface area contributed by atoms with E-state index in [0.29, 0.717) is 5.75 Å². The fourth-order valence-corrected chi connectivity index (χ4v) is 2.69. The number of nitrogens with one attached hydrogen (secondary N) is 1. The smallest absolute Gasteiger partial charge is 0.262 e. The second kappa shape index (κ2) is 5.38. The van der Waals surface area contributed by atoms with Gasteiger partial charge >= 0.3 is 0 Å². The van der Waals surface area contributed by atoms with Crippen LogP contribution >= 0.6 is 0 Å². The summed E-state index contributed by atoms with van der Waals surface area (Å²) < 4.78 is 45.0. The number of sulfonamides is 1. The molecule has 0 atom stereocenters. The molecule has 0 aromatic heterocycles. The molecule has 0 unspecified atom stereocenters. The fraction of sp³-hybridized carbons (Fsp3) is 0.0769. The number of anilines is 2. The van der Waals surface area contributed by atoms with Crippen LogP contribution in [0.1, 0.15) is 0 Å². The summed E-state index contributed by atoms with van der Waals surface area (Å²) in [6.07, 6.45) is 0. The Labute approximate surface area is 116 Å². The zero-order chi connectivity index (χ0) is 14.8. The molecule has 7 heteroatoms. The van der Waals surface area contributed by atoms with E-state index in [2.05, 4.69) is 4.72 Å². The molecule has 0 spiro atoms. The molecule has 0 amide bonds. The lowest BCUT2D eigenvalue weighted by Gasteiger charge is -2.10. The number of rotatable bonds is 4. The van der Waals surface area contributed by atoms with E-state index in [0.717, 1.165) is 6.07 Å². The minimum Gasteiger partial charge on any atom is -0.497 e. The molecule has 0 bridgehead atoms. The normalized spacial score (nSPS) is 11.1. The quantitative estimate of drug-likeness (QED) is 0.848. The first-order chi connectivity index (χ1) is 9.42. The Morgan fingerprint density at radius 1 is 1.20 bits per heavy atom. The van der Waals surface area contributed by atoms with Crippen molar-refractivity contribution in [1.82, 2.24) is 0 Å². The third kappa shape index (κ3) is 3.00. The molecule has 0 saturated carbocycles. The largest absolute Gasteiger partial charge is 0.497 e. The molecule has 0 aliphatic rings. The summed E-state index contributed by atoms with van der Waals surface area (Å²) in [5.74, 6) is -0.313. The predicted octanol–water partition coefficient (Wildman–Crippen LogP) is 2.22. The SMILES string of the molecule is COc1cccc(S(=O)(=O)Nc2cc(N)ccc2F)c1. The van der Waals surface area contributed by atoms with Gasteiger partial charge in [0, 0.05) is 11.8 Å². The summed E-state index contributed by atoms with van der Waals surface area (Å²) in [5, 5.41) is 0. The van der Waals surface area contributed by atoms with Crippen molar-refractivity contribution < 1.29 is 17.5 Å². The van der Waals surface area contributed by atoms with Crippen molar-refractivity contribution in [2.45, 2.75) is 4.90 Å². The molecule has 0 fully saturated rings. The van der Waals surface area contributed by atoms with Crippen molar-refractivity contribution in [3.63, 3.8) is 0 Å². The van der Waals surface area contributed by atoms with Crippen LogP contribution in [0, 0.1) is 5.82 Å². The Morgan fingerprint density at radius 2 is 1.95 bits per heavy atom. The fourth-order valence-electron chi connectivity index (χ4n) is 1.59. The first kappa shape index (κ1) is 14.1. The summed E-state index contributed by atoms with van der Waals surface area (Å²) in [4.78, 5) is -0.0290. The van der Waals surface area contributed by atoms with Crippen molar-refractivity contribution in [3.05, 3.63) is 48.3 Å². The van der Waals surface area contributed by atoms with Gasteiger partial charge in [-0.1, -0.05) is 6.07 Å². The molecule has 0 saturated heterocycles. The van der Waals surface area contributed by atoms with Gasteiger partial charge in [0.2, 0.25) is 0 Å². The van der Waals surface area contributed by atoms with Gasteiger partial charge in [-0.3, -0.25) is 4.72 Å². The van der Waals surface area contributed by atoms with Crippen LogP contribution in [0.25, 0.3) is 0 Å². The molecule has 2 rings (SSSR count). The summed E-state index contributed by atoms with van der Waals surface area (Å²) in [5.41, 5.74) is 5.57. The van der Waals surface area contributed by atoms with Gasteiger partial charge < -0.3 is 10.5 Å². The van der Waals surface area contributed by atoms with Crippen LogP contribution < -0.4 is 15.2 Å².